The van der Waals surface area contributed by atoms with Crippen molar-refractivity contribution in [1.82, 2.24) is 10.1 Å². The summed E-state index contributed by atoms with van der Waals surface area (Å²) < 4.78 is 29.7. The molecule has 2 aromatic rings. The van der Waals surface area contributed by atoms with Crippen molar-refractivity contribution < 1.29 is 18.4 Å². The summed E-state index contributed by atoms with van der Waals surface area (Å²) in [6.45, 7) is 3.79. The molecule has 1 aromatic heterocycles. The number of nitrogens with two attached hydrogens (primary N) is 1. The Morgan fingerprint density at radius 1 is 1.35 bits per heavy atom. The summed E-state index contributed by atoms with van der Waals surface area (Å²) in [6, 6.07) is 2.71. The topological polar surface area (TPSA) is 83.4 Å². The standard InChI is InChI=1S/C13H16FN3O3/c1-7(2)19-11-5-9(14)8(4-10(11)18-3)13-16-12(6-15)20-17-13/h4-5,7H,6,15H2,1-3H3. The van der Waals surface area contributed by atoms with Crippen molar-refractivity contribution in [2.75, 3.05) is 7.11 Å². The monoisotopic (exact) mass is 281 g/mol. The first kappa shape index (κ1) is 14.3. The fourth-order valence-corrected chi connectivity index (χ4v) is 1.66. The summed E-state index contributed by atoms with van der Waals surface area (Å²) in [6.07, 6.45) is -0.0943. The number of hydrogen-bond donors (Lipinski definition) is 1. The fourth-order valence-electron chi connectivity index (χ4n) is 1.66. The Morgan fingerprint density at radius 2 is 2.10 bits per heavy atom. The normalized spacial score (nSPS) is 10.9. The zero-order chi connectivity index (χ0) is 14.7. The van der Waals surface area contributed by atoms with Crippen LogP contribution in [0.1, 0.15) is 19.7 Å². The number of benzene rings is 1. The van der Waals surface area contributed by atoms with Gasteiger partial charge in [0.1, 0.15) is 5.82 Å². The van der Waals surface area contributed by atoms with Gasteiger partial charge in [0.2, 0.25) is 11.7 Å². The first-order chi connectivity index (χ1) is 9.55. The van der Waals surface area contributed by atoms with E-state index in [1.807, 2.05) is 13.8 Å². The van der Waals surface area contributed by atoms with Crippen molar-refractivity contribution in [3.05, 3.63) is 23.8 Å². The van der Waals surface area contributed by atoms with E-state index in [0.717, 1.165) is 0 Å². The van der Waals surface area contributed by atoms with Gasteiger partial charge in [0.15, 0.2) is 11.5 Å². The van der Waals surface area contributed by atoms with E-state index in [2.05, 4.69) is 10.1 Å². The van der Waals surface area contributed by atoms with Crippen molar-refractivity contribution in [3.8, 4) is 22.9 Å². The predicted molar refractivity (Wildman–Crippen MR) is 69.9 cm³/mol. The van der Waals surface area contributed by atoms with E-state index < -0.39 is 5.82 Å². The molecule has 0 fully saturated rings. The maximum atomic E-state index is 14.1. The second kappa shape index (κ2) is 5.87. The van der Waals surface area contributed by atoms with Crippen LogP contribution in [0.25, 0.3) is 11.4 Å². The van der Waals surface area contributed by atoms with Crippen molar-refractivity contribution in [2.45, 2.75) is 26.5 Å². The van der Waals surface area contributed by atoms with E-state index in [-0.39, 0.29) is 29.9 Å². The first-order valence-corrected chi connectivity index (χ1v) is 6.12. The van der Waals surface area contributed by atoms with Crippen LogP contribution in [0, 0.1) is 5.82 Å². The Morgan fingerprint density at radius 3 is 2.65 bits per heavy atom. The van der Waals surface area contributed by atoms with Crippen molar-refractivity contribution in [3.63, 3.8) is 0 Å². The number of nitrogens with zero attached hydrogens (tertiary/aromatic N) is 2. The molecule has 2 N–H and O–H groups in total. The lowest BCUT2D eigenvalue weighted by molar-refractivity contribution is 0.229. The molecule has 0 aliphatic heterocycles. The number of methoxy groups -OCH3 is 1. The van der Waals surface area contributed by atoms with Crippen LogP contribution in [-0.2, 0) is 6.54 Å². The Balaban J connectivity index is 2.44. The Hall–Kier alpha value is -2.15. The average molecular weight is 281 g/mol. The number of halogens is 1. The molecule has 1 aromatic carbocycles. The molecule has 0 saturated heterocycles. The molecule has 6 nitrogen and oxygen atoms in total. The van der Waals surface area contributed by atoms with Crippen LogP contribution in [0.15, 0.2) is 16.7 Å². The van der Waals surface area contributed by atoms with Gasteiger partial charge in [0.05, 0.1) is 25.3 Å². The third kappa shape index (κ3) is 2.88. The van der Waals surface area contributed by atoms with Crippen LogP contribution in [0.5, 0.6) is 11.5 Å². The van der Waals surface area contributed by atoms with Gasteiger partial charge in [-0.2, -0.15) is 4.98 Å². The highest BCUT2D eigenvalue weighted by Crippen LogP contribution is 2.34. The molecule has 2 rings (SSSR count). The van der Waals surface area contributed by atoms with Gasteiger partial charge in [-0.25, -0.2) is 4.39 Å². The third-order valence-electron chi connectivity index (χ3n) is 2.50. The number of aromatic nitrogens is 2. The molecule has 20 heavy (non-hydrogen) atoms. The van der Waals surface area contributed by atoms with Gasteiger partial charge in [-0.15, -0.1) is 0 Å². The van der Waals surface area contributed by atoms with Gasteiger partial charge in [0, 0.05) is 6.07 Å². The summed E-state index contributed by atoms with van der Waals surface area (Å²) in [5.74, 6) is 0.560. The summed E-state index contributed by atoms with van der Waals surface area (Å²) in [4.78, 5) is 3.99. The van der Waals surface area contributed by atoms with E-state index in [4.69, 9.17) is 19.7 Å². The van der Waals surface area contributed by atoms with Crippen molar-refractivity contribution in [1.29, 1.82) is 0 Å². The molecule has 0 saturated carbocycles. The molecule has 108 valence electrons. The van der Waals surface area contributed by atoms with Crippen LogP contribution in [0.2, 0.25) is 0 Å². The van der Waals surface area contributed by atoms with Crippen molar-refractivity contribution >= 4 is 0 Å². The van der Waals surface area contributed by atoms with Crippen LogP contribution in [0.4, 0.5) is 4.39 Å². The largest absolute Gasteiger partial charge is 0.493 e. The Kier molecular flexibility index (Phi) is 4.19. The third-order valence-corrected chi connectivity index (χ3v) is 2.50. The Bertz CT molecular complexity index is 599. The summed E-state index contributed by atoms with van der Waals surface area (Å²) >= 11 is 0. The molecule has 1 heterocycles. The van der Waals surface area contributed by atoms with Gasteiger partial charge in [-0.05, 0) is 19.9 Å². The molecule has 0 bridgehead atoms. The summed E-state index contributed by atoms with van der Waals surface area (Å²) in [5.41, 5.74) is 5.55. The second-order valence-corrected chi connectivity index (χ2v) is 4.37. The molecule has 0 unspecified atom stereocenters. The molecule has 0 atom stereocenters. The molecule has 7 heteroatoms. The molecule has 0 amide bonds. The highest BCUT2D eigenvalue weighted by Gasteiger charge is 2.18. The average Bonchev–Trinajstić information content (AvgIpc) is 2.87. The van der Waals surface area contributed by atoms with E-state index in [1.54, 1.807) is 0 Å². The minimum Gasteiger partial charge on any atom is -0.493 e. The summed E-state index contributed by atoms with van der Waals surface area (Å²) in [7, 11) is 1.48. The Labute approximate surface area is 115 Å². The minimum atomic E-state index is -0.522. The lowest BCUT2D eigenvalue weighted by atomic mass is 10.1. The van der Waals surface area contributed by atoms with Crippen LogP contribution in [0.3, 0.4) is 0 Å². The van der Waals surface area contributed by atoms with Crippen LogP contribution < -0.4 is 15.2 Å². The smallest absolute Gasteiger partial charge is 0.240 e. The van der Waals surface area contributed by atoms with E-state index in [9.17, 15) is 4.39 Å². The molecule has 0 aliphatic carbocycles. The van der Waals surface area contributed by atoms with Gasteiger partial charge in [0.25, 0.3) is 0 Å². The number of ether oxygens (including phenoxy) is 2. The van der Waals surface area contributed by atoms with Crippen molar-refractivity contribution in [2.24, 2.45) is 5.73 Å². The highest BCUT2D eigenvalue weighted by atomic mass is 19.1. The van der Waals surface area contributed by atoms with Crippen LogP contribution >= 0.6 is 0 Å². The van der Waals surface area contributed by atoms with Gasteiger partial charge in [-0.1, -0.05) is 5.16 Å². The molecular weight excluding hydrogens is 265 g/mol. The molecule has 0 spiro atoms. The van der Waals surface area contributed by atoms with E-state index in [0.29, 0.717) is 11.5 Å². The van der Waals surface area contributed by atoms with Gasteiger partial charge < -0.3 is 19.7 Å². The lowest BCUT2D eigenvalue weighted by Gasteiger charge is -2.14. The van der Waals surface area contributed by atoms with Gasteiger partial charge >= 0.3 is 0 Å². The maximum absolute atomic E-state index is 14.1. The molecular formula is C13H16FN3O3. The van der Waals surface area contributed by atoms with Gasteiger partial charge in [-0.3, -0.25) is 0 Å². The number of rotatable bonds is 5. The lowest BCUT2D eigenvalue weighted by Crippen LogP contribution is -2.07. The highest BCUT2D eigenvalue weighted by molar-refractivity contribution is 5.61. The van der Waals surface area contributed by atoms with Crippen LogP contribution in [-0.4, -0.2) is 23.4 Å². The van der Waals surface area contributed by atoms with E-state index >= 15 is 0 Å². The first-order valence-electron chi connectivity index (χ1n) is 6.12. The van der Waals surface area contributed by atoms with E-state index in [1.165, 1.54) is 19.2 Å². The predicted octanol–water partition coefficient (Wildman–Crippen LogP) is 2.13. The SMILES string of the molecule is COc1cc(-c2noc(CN)n2)c(F)cc1OC(C)C. The fraction of sp³-hybridized carbons (Fsp3) is 0.385. The zero-order valence-corrected chi connectivity index (χ0v) is 11.5. The number of hydrogen-bond acceptors (Lipinski definition) is 6. The molecule has 0 radical (unpaired) electrons. The summed E-state index contributed by atoms with van der Waals surface area (Å²) in [5, 5.41) is 3.68. The zero-order valence-electron chi connectivity index (χ0n) is 11.5. The maximum Gasteiger partial charge on any atom is 0.240 e. The minimum absolute atomic E-state index is 0.0943. The molecule has 0 aliphatic rings. The second-order valence-electron chi connectivity index (χ2n) is 4.37. The quantitative estimate of drug-likeness (QED) is 0.903.